The first-order chi connectivity index (χ1) is 15.2. The Morgan fingerprint density at radius 1 is 0.735 bits per heavy atom. The van der Waals surface area contributed by atoms with Gasteiger partial charge in [0.25, 0.3) is 0 Å². The summed E-state index contributed by atoms with van der Waals surface area (Å²) in [4.78, 5) is 11.9. The number of Topliss-reactive ketones (excluding diaryl/α,β-unsaturated/α-hetero) is 1. The van der Waals surface area contributed by atoms with Crippen LogP contribution in [-0.4, -0.2) is 59.3 Å². The fraction of sp³-hybridized carbons (Fsp3) is 0.947. The molecule has 0 saturated heterocycles. The summed E-state index contributed by atoms with van der Waals surface area (Å²) in [6.45, 7) is 6.67. The number of hydrogen-bond acceptors (Lipinski definition) is 4. The van der Waals surface area contributed by atoms with Crippen LogP contribution in [0.1, 0.15) is 72.1 Å². The summed E-state index contributed by atoms with van der Waals surface area (Å²) in [5.41, 5.74) is 0. The SMILES string of the molecule is CCCCCC(=O)C[S+](CCCC)CCCC.O=S(=O)([O-])C(F)(F)C(F)(F)C(F)(F)C(F)(F)F. The van der Waals surface area contributed by atoms with Crippen molar-refractivity contribution in [1.82, 2.24) is 0 Å². The average molecular weight is 559 g/mol. The zero-order valence-corrected chi connectivity index (χ0v) is 20.8. The smallest absolute Gasteiger partial charge is 0.460 e. The molecular weight excluding hydrogens is 527 g/mol. The lowest BCUT2D eigenvalue weighted by atomic mass is 10.1. The number of halogens is 9. The first kappa shape index (κ1) is 35.5. The van der Waals surface area contributed by atoms with Crippen molar-refractivity contribution in [3.63, 3.8) is 0 Å². The molecule has 0 aromatic rings. The van der Waals surface area contributed by atoms with Crippen LogP contribution in [0.5, 0.6) is 0 Å². The van der Waals surface area contributed by atoms with E-state index in [9.17, 15) is 57.3 Å². The molecule has 206 valence electrons. The molecule has 0 aliphatic carbocycles. The minimum atomic E-state index is -7.43. The lowest BCUT2D eigenvalue weighted by Gasteiger charge is -2.34. The molecule has 0 heterocycles. The Morgan fingerprint density at radius 3 is 1.47 bits per heavy atom. The molecule has 0 saturated carbocycles. The molecule has 0 rings (SSSR count). The molecule has 15 heteroatoms. The van der Waals surface area contributed by atoms with Crippen LogP contribution in [0, 0.1) is 0 Å². The monoisotopic (exact) mass is 558 g/mol. The van der Waals surface area contributed by atoms with E-state index >= 15 is 0 Å². The topological polar surface area (TPSA) is 74.3 Å². The van der Waals surface area contributed by atoms with Gasteiger partial charge < -0.3 is 4.55 Å². The quantitative estimate of drug-likeness (QED) is 0.102. The van der Waals surface area contributed by atoms with Gasteiger partial charge in [0, 0.05) is 6.42 Å². The van der Waals surface area contributed by atoms with Gasteiger partial charge in [0.15, 0.2) is 21.7 Å². The minimum absolute atomic E-state index is 0.391. The number of hydrogen-bond donors (Lipinski definition) is 0. The van der Waals surface area contributed by atoms with Gasteiger partial charge in [0.2, 0.25) is 0 Å². The Balaban J connectivity index is 0. The van der Waals surface area contributed by atoms with Gasteiger partial charge in [0.1, 0.15) is 11.5 Å². The second-order valence-electron chi connectivity index (χ2n) is 7.49. The molecule has 0 aromatic carbocycles. The normalized spacial score (nSPS) is 13.6. The van der Waals surface area contributed by atoms with Crippen molar-refractivity contribution in [3.8, 4) is 0 Å². The van der Waals surface area contributed by atoms with Crippen LogP contribution in [0.2, 0.25) is 0 Å². The Morgan fingerprint density at radius 2 is 1.15 bits per heavy atom. The van der Waals surface area contributed by atoms with Gasteiger partial charge in [-0.2, -0.15) is 39.5 Å². The molecule has 0 aromatic heterocycles. The second-order valence-corrected chi connectivity index (χ2v) is 11.2. The molecule has 0 radical (unpaired) electrons. The highest BCUT2D eigenvalue weighted by atomic mass is 32.2. The largest absolute Gasteiger partial charge is 0.743 e. The molecular formula is C19H31F9O4S2. The van der Waals surface area contributed by atoms with Crippen molar-refractivity contribution >= 4 is 26.8 Å². The van der Waals surface area contributed by atoms with Crippen LogP contribution >= 0.6 is 0 Å². The molecule has 0 amide bonds. The molecule has 0 bridgehead atoms. The lowest BCUT2D eigenvalue weighted by Crippen LogP contribution is -2.63. The third kappa shape index (κ3) is 10.5. The van der Waals surface area contributed by atoms with E-state index < -0.39 is 33.4 Å². The lowest BCUT2D eigenvalue weighted by molar-refractivity contribution is -0.382. The number of carbonyl (C=O) groups is 1. The molecule has 0 fully saturated rings. The van der Waals surface area contributed by atoms with Crippen LogP contribution in [0.3, 0.4) is 0 Å². The summed E-state index contributed by atoms with van der Waals surface area (Å²) in [7, 11) is -7.03. The van der Waals surface area contributed by atoms with E-state index in [1.165, 1.54) is 50.0 Å². The Hall–Kier alpha value is -0.700. The van der Waals surface area contributed by atoms with Crippen molar-refractivity contribution in [2.45, 2.75) is 95.4 Å². The standard InChI is InChI=1S/C15H31OS.C4HF9O3S/c1-4-7-10-11-15(16)14-17(12-8-5-2)13-9-6-3;5-1(6,3(9,10)11)2(7,8)4(12,13)17(14,15)16/h4-14H2,1-3H3;(H,14,15,16)/q+1;/p-1. The average Bonchev–Trinajstić information content (AvgIpc) is 2.68. The number of alkyl halides is 9. The van der Waals surface area contributed by atoms with E-state index in [0.717, 1.165) is 18.6 Å². The summed E-state index contributed by atoms with van der Waals surface area (Å²) in [5, 5.41) is -7.11. The van der Waals surface area contributed by atoms with Gasteiger partial charge in [0.05, 0.1) is 0 Å². The van der Waals surface area contributed by atoms with E-state index in [1.807, 2.05) is 0 Å². The van der Waals surface area contributed by atoms with Crippen molar-refractivity contribution < 1.29 is 57.3 Å². The van der Waals surface area contributed by atoms with Crippen LogP contribution in [0.15, 0.2) is 0 Å². The highest BCUT2D eigenvalue weighted by molar-refractivity contribution is 7.97. The highest BCUT2D eigenvalue weighted by Crippen LogP contribution is 2.54. The maximum absolute atomic E-state index is 12.2. The van der Waals surface area contributed by atoms with Gasteiger partial charge in [-0.25, -0.2) is 8.42 Å². The van der Waals surface area contributed by atoms with Gasteiger partial charge >= 0.3 is 23.3 Å². The number of carbonyl (C=O) groups excluding carboxylic acids is 1. The predicted molar refractivity (Wildman–Crippen MR) is 112 cm³/mol. The number of ketones is 1. The summed E-state index contributed by atoms with van der Waals surface area (Å²) >= 11 is 0. The second kappa shape index (κ2) is 14.8. The van der Waals surface area contributed by atoms with Gasteiger partial charge in [-0.15, -0.1) is 0 Å². The molecule has 0 spiro atoms. The molecule has 0 atom stereocenters. The van der Waals surface area contributed by atoms with E-state index in [4.69, 9.17) is 0 Å². The predicted octanol–water partition coefficient (Wildman–Crippen LogP) is 6.31. The van der Waals surface area contributed by atoms with Gasteiger partial charge in [-0.1, -0.05) is 46.5 Å². The van der Waals surface area contributed by atoms with Crippen LogP contribution in [-0.2, 0) is 25.8 Å². The first-order valence-electron chi connectivity index (χ1n) is 10.6. The van der Waals surface area contributed by atoms with Crippen molar-refractivity contribution in [2.24, 2.45) is 0 Å². The Bertz CT molecular complexity index is 688. The van der Waals surface area contributed by atoms with Crippen LogP contribution < -0.4 is 0 Å². The van der Waals surface area contributed by atoms with Crippen LogP contribution in [0.4, 0.5) is 39.5 Å². The van der Waals surface area contributed by atoms with E-state index in [1.54, 1.807) is 0 Å². The van der Waals surface area contributed by atoms with Gasteiger partial charge in [-0.3, -0.25) is 4.79 Å². The zero-order valence-electron chi connectivity index (χ0n) is 19.1. The minimum Gasteiger partial charge on any atom is -0.743 e. The maximum atomic E-state index is 12.2. The summed E-state index contributed by atoms with van der Waals surface area (Å²) in [6, 6.07) is 0. The fourth-order valence-corrected chi connectivity index (χ4v) is 5.26. The summed E-state index contributed by atoms with van der Waals surface area (Å²) < 4.78 is 135. The van der Waals surface area contributed by atoms with Crippen molar-refractivity contribution in [2.75, 3.05) is 17.3 Å². The third-order valence-electron chi connectivity index (χ3n) is 4.43. The van der Waals surface area contributed by atoms with Crippen molar-refractivity contribution in [1.29, 1.82) is 0 Å². The molecule has 4 nitrogen and oxygen atoms in total. The van der Waals surface area contributed by atoms with Crippen molar-refractivity contribution in [3.05, 3.63) is 0 Å². The van der Waals surface area contributed by atoms with E-state index in [0.29, 0.717) is 16.7 Å². The number of rotatable bonds is 15. The highest BCUT2D eigenvalue weighted by Gasteiger charge is 2.83. The Kier molecular flexibility index (Phi) is 15.4. The fourth-order valence-electron chi connectivity index (χ4n) is 2.33. The molecule has 0 aliphatic rings. The van der Waals surface area contributed by atoms with Crippen LogP contribution in [0.25, 0.3) is 0 Å². The van der Waals surface area contributed by atoms with E-state index in [-0.39, 0.29) is 0 Å². The summed E-state index contributed by atoms with van der Waals surface area (Å²) in [5.74, 6) is -10.8. The Labute approximate surface area is 197 Å². The first-order valence-corrected chi connectivity index (χ1v) is 13.7. The van der Waals surface area contributed by atoms with Gasteiger partial charge in [-0.05, 0) is 30.2 Å². The number of unbranched alkanes of at least 4 members (excludes halogenated alkanes) is 4. The molecule has 34 heavy (non-hydrogen) atoms. The zero-order chi connectivity index (χ0) is 27.4. The molecule has 0 unspecified atom stereocenters. The molecule has 0 aliphatic heterocycles. The maximum Gasteiger partial charge on any atom is 0.460 e. The van der Waals surface area contributed by atoms with E-state index in [2.05, 4.69) is 20.8 Å². The summed E-state index contributed by atoms with van der Waals surface area (Å²) in [6.07, 6.45) is 2.33. The molecule has 0 N–H and O–H groups in total. The third-order valence-corrected chi connectivity index (χ3v) is 7.77.